The number of halogens is 2. The molecule has 7 heteroatoms. The number of furan rings is 1. The van der Waals surface area contributed by atoms with Gasteiger partial charge in [-0.25, -0.2) is 0 Å². The summed E-state index contributed by atoms with van der Waals surface area (Å²) in [5.41, 5.74) is 6.02. The second kappa shape index (κ2) is 8.71. The molecule has 0 bridgehead atoms. The average Bonchev–Trinajstić information content (AvgIpc) is 2.91. The van der Waals surface area contributed by atoms with Crippen molar-refractivity contribution in [2.75, 3.05) is 6.61 Å². The third kappa shape index (κ3) is 5.79. The molecule has 2 rings (SSSR count). The third-order valence-electron chi connectivity index (χ3n) is 2.59. The number of carbonyl (C=O) groups is 1. The lowest BCUT2D eigenvalue weighted by Gasteiger charge is -2.11. The SMILES string of the molecule is Cl.NC(=O)COc1ccc(Br)cc1CNCc1ccco1. The summed E-state index contributed by atoms with van der Waals surface area (Å²) in [7, 11) is 0. The van der Waals surface area contributed by atoms with Crippen molar-refractivity contribution >= 4 is 34.2 Å². The zero-order valence-corrected chi connectivity index (χ0v) is 13.6. The van der Waals surface area contributed by atoms with Gasteiger partial charge < -0.3 is 20.2 Å². The van der Waals surface area contributed by atoms with Crippen LogP contribution >= 0.6 is 28.3 Å². The summed E-state index contributed by atoms with van der Waals surface area (Å²) in [6.45, 7) is 1.08. The van der Waals surface area contributed by atoms with Crippen LogP contribution in [0.25, 0.3) is 0 Å². The smallest absolute Gasteiger partial charge is 0.255 e. The summed E-state index contributed by atoms with van der Waals surface area (Å²) in [6.07, 6.45) is 1.64. The highest BCUT2D eigenvalue weighted by molar-refractivity contribution is 9.10. The maximum absolute atomic E-state index is 10.8. The van der Waals surface area contributed by atoms with Gasteiger partial charge in [-0.15, -0.1) is 12.4 Å². The van der Waals surface area contributed by atoms with Crippen molar-refractivity contribution in [2.24, 2.45) is 5.73 Å². The molecule has 1 amide bonds. The van der Waals surface area contributed by atoms with E-state index in [1.54, 1.807) is 12.3 Å². The van der Waals surface area contributed by atoms with Crippen LogP contribution in [0, 0.1) is 0 Å². The number of ether oxygens (including phenoxy) is 1. The van der Waals surface area contributed by atoms with Crippen LogP contribution in [0.4, 0.5) is 0 Å². The molecule has 0 fully saturated rings. The largest absolute Gasteiger partial charge is 0.483 e. The summed E-state index contributed by atoms with van der Waals surface area (Å²) in [5, 5.41) is 3.25. The molecule has 2 aromatic rings. The first-order chi connectivity index (χ1) is 9.65. The van der Waals surface area contributed by atoms with Crippen molar-refractivity contribution < 1.29 is 13.9 Å². The Labute approximate surface area is 137 Å². The maximum Gasteiger partial charge on any atom is 0.255 e. The number of nitrogens with one attached hydrogen (secondary N) is 1. The normalized spacial score (nSPS) is 9.95. The van der Waals surface area contributed by atoms with E-state index in [4.69, 9.17) is 14.9 Å². The molecular weight excluding hydrogens is 360 g/mol. The van der Waals surface area contributed by atoms with Crippen molar-refractivity contribution in [1.82, 2.24) is 5.32 Å². The molecule has 0 saturated carbocycles. The Bertz CT molecular complexity index is 576. The lowest BCUT2D eigenvalue weighted by molar-refractivity contribution is -0.119. The van der Waals surface area contributed by atoms with Crippen molar-refractivity contribution in [1.29, 1.82) is 0 Å². The lowest BCUT2D eigenvalue weighted by Crippen LogP contribution is -2.21. The Kier molecular flexibility index (Phi) is 7.28. The van der Waals surface area contributed by atoms with E-state index in [1.807, 2.05) is 24.3 Å². The van der Waals surface area contributed by atoms with E-state index >= 15 is 0 Å². The van der Waals surface area contributed by atoms with Crippen LogP contribution in [0.3, 0.4) is 0 Å². The van der Waals surface area contributed by atoms with Crippen molar-refractivity contribution in [3.8, 4) is 5.75 Å². The van der Waals surface area contributed by atoms with E-state index < -0.39 is 5.91 Å². The van der Waals surface area contributed by atoms with Gasteiger partial charge in [0.2, 0.25) is 0 Å². The van der Waals surface area contributed by atoms with Gasteiger partial charge in [-0.1, -0.05) is 15.9 Å². The van der Waals surface area contributed by atoms with E-state index in [9.17, 15) is 4.79 Å². The quantitative estimate of drug-likeness (QED) is 0.780. The fourth-order valence-electron chi connectivity index (χ4n) is 1.71. The first kappa shape index (κ1) is 17.6. The minimum atomic E-state index is -0.498. The molecule has 1 aromatic carbocycles. The van der Waals surface area contributed by atoms with Crippen LogP contribution in [0.1, 0.15) is 11.3 Å². The number of amides is 1. The van der Waals surface area contributed by atoms with Crippen molar-refractivity contribution in [2.45, 2.75) is 13.1 Å². The zero-order valence-electron chi connectivity index (χ0n) is 11.2. The van der Waals surface area contributed by atoms with Gasteiger partial charge in [0.05, 0.1) is 12.8 Å². The molecule has 0 aliphatic rings. The molecule has 114 valence electrons. The number of nitrogens with two attached hydrogens (primary N) is 1. The fourth-order valence-corrected chi connectivity index (χ4v) is 2.12. The second-order valence-corrected chi connectivity index (χ2v) is 5.11. The summed E-state index contributed by atoms with van der Waals surface area (Å²) in [5.74, 6) is 1.00. The molecule has 1 aromatic heterocycles. The molecule has 1 heterocycles. The van der Waals surface area contributed by atoms with E-state index in [0.29, 0.717) is 18.8 Å². The van der Waals surface area contributed by atoms with Gasteiger partial charge in [0.25, 0.3) is 5.91 Å². The number of benzene rings is 1. The molecule has 0 saturated heterocycles. The van der Waals surface area contributed by atoms with Crippen molar-refractivity contribution in [3.63, 3.8) is 0 Å². The fraction of sp³-hybridized carbons (Fsp3) is 0.214. The van der Waals surface area contributed by atoms with E-state index in [2.05, 4.69) is 21.2 Å². The predicted molar refractivity (Wildman–Crippen MR) is 85.3 cm³/mol. The van der Waals surface area contributed by atoms with Gasteiger partial charge >= 0.3 is 0 Å². The first-order valence-electron chi connectivity index (χ1n) is 6.08. The molecule has 0 atom stereocenters. The van der Waals surface area contributed by atoms with E-state index in [-0.39, 0.29) is 19.0 Å². The highest BCUT2D eigenvalue weighted by Crippen LogP contribution is 2.23. The highest BCUT2D eigenvalue weighted by atomic mass is 79.9. The van der Waals surface area contributed by atoms with Crippen LogP contribution in [0.5, 0.6) is 5.75 Å². The van der Waals surface area contributed by atoms with Gasteiger partial charge in [-0.3, -0.25) is 4.79 Å². The lowest BCUT2D eigenvalue weighted by atomic mass is 10.2. The topological polar surface area (TPSA) is 77.5 Å². The molecular formula is C14H16BrClN2O3. The third-order valence-corrected chi connectivity index (χ3v) is 3.08. The predicted octanol–water partition coefficient (Wildman–Crippen LogP) is 2.62. The van der Waals surface area contributed by atoms with Gasteiger partial charge in [0.15, 0.2) is 6.61 Å². The van der Waals surface area contributed by atoms with E-state index in [0.717, 1.165) is 15.8 Å². The van der Waals surface area contributed by atoms with Crippen LogP contribution in [-0.4, -0.2) is 12.5 Å². The van der Waals surface area contributed by atoms with Crippen LogP contribution in [0.15, 0.2) is 45.5 Å². The summed E-state index contributed by atoms with van der Waals surface area (Å²) < 4.78 is 11.6. The first-order valence-corrected chi connectivity index (χ1v) is 6.87. The van der Waals surface area contributed by atoms with E-state index in [1.165, 1.54) is 0 Å². The molecule has 0 aliphatic heterocycles. The van der Waals surface area contributed by atoms with Gasteiger partial charge in [-0.2, -0.15) is 0 Å². The molecule has 0 radical (unpaired) electrons. The van der Waals surface area contributed by atoms with Crippen LogP contribution < -0.4 is 15.8 Å². The van der Waals surface area contributed by atoms with Crippen LogP contribution in [0.2, 0.25) is 0 Å². The number of hydrogen-bond donors (Lipinski definition) is 2. The minimum Gasteiger partial charge on any atom is -0.483 e. The Morgan fingerprint density at radius 3 is 2.81 bits per heavy atom. The van der Waals surface area contributed by atoms with Gasteiger partial charge in [-0.05, 0) is 30.3 Å². The number of hydrogen-bond acceptors (Lipinski definition) is 4. The highest BCUT2D eigenvalue weighted by Gasteiger charge is 2.06. The summed E-state index contributed by atoms with van der Waals surface area (Å²) in [4.78, 5) is 10.8. The monoisotopic (exact) mass is 374 g/mol. The summed E-state index contributed by atoms with van der Waals surface area (Å²) >= 11 is 3.41. The molecule has 5 nitrogen and oxygen atoms in total. The zero-order chi connectivity index (χ0) is 14.4. The Balaban J connectivity index is 0.00000220. The Morgan fingerprint density at radius 2 is 2.14 bits per heavy atom. The minimum absolute atomic E-state index is 0. The molecule has 0 aliphatic carbocycles. The molecule has 21 heavy (non-hydrogen) atoms. The number of carbonyl (C=O) groups excluding carboxylic acids is 1. The molecule has 0 spiro atoms. The molecule has 3 N–H and O–H groups in total. The Hall–Kier alpha value is -1.50. The van der Waals surface area contributed by atoms with Crippen LogP contribution in [-0.2, 0) is 17.9 Å². The van der Waals surface area contributed by atoms with Gasteiger partial charge in [0, 0.05) is 16.6 Å². The maximum atomic E-state index is 10.8. The summed E-state index contributed by atoms with van der Waals surface area (Å²) in [6, 6.07) is 9.34. The van der Waals surface area contributed by atoms with Gasteiger partial charge in [0.1, 0.15) is 11.5 Å². The standard InChI is InChI=1S/C14H15BrN2O3.ClH/c15-11-3-4-13(20-9-14(16)18)10(6-11)7-17-8-12-2-1-5-19-12;/h1-6,17H,7-9H2,(H2,16,18);1H. The average molecular weight is 376 g/mol. The van der Waals surface area contributed by atoms with Crippen molar-refractivity contribution in [3.05, 3.63) is 52.4 Å². The number of primary amides is 1. The molecule has 0 unspecified atom stereocenters. The number of rotatable bonds is 7. The second-order valence-electron chi connectivity index (χ2n) is 4.19. The Morgan fingerprint density at radius 1 is 1.33 bits per heavy atom.